The largest absolute Gasteiger partial charge is 0.366 e. The van der Waals surface area contributed by atoms with E-state index in [-0.39, 0.29) is 5.41 Å². The molecule has 10 aromatic rings. The van der Waals surface area contributed by atoms with Gasteiger partial charge in [0.05, 0.1) is 0 Å². The van der Waals surface area contributed by atoms with Crippen molar-refractivity contribution in [2.24, 2.45) is 5.73 Å². The van der Waals surface area contributed by atoms with Crippen molar-refractivity contribution in [3.8, 4) is 44.5 Å². The van der Waals surface area contributed by atoms with Gasteiger partial charge in [-0.1, -0.05) is 184 Å². The number of benzene rings is 9. The molecule has 1 atom stereocenters. The van der Waals surface area contributed by atoms with Gasteiger partial charge in [-0.15, -0.1) is 0 Å². The van der Waals surface area contributed by atoms with Crippen LogP contribution in [0.15, 0.2) is 212 Å². The van der Waals surface area contributed by atoms with Crippen LogP contribution in [-0.2, 0) is 12.0 Å². The molecule has 3 nitrogen and oxygen atoms in total. The minimum Gasteiger partial charge on any atom is -0.366 e. The number of hydrogen-bond donors (Lipinski definition) is 2. The molecule has 0 saturated heterocycles. The molecule has 3 heteroatoms. The third-order valence-corrected chi connectivity index (χ3v) is 13.1. The average molecular weight is 798 g/mol. The van der Waals surface area contributed by atoms with Crippen LogP contribution in [0, 0.1) is 0 Å². The number of allylic oxidation sites excluding steroid dienone is 1. The lowest BCUT2D eigenvalue weighted by molar-refractivity contribution is 0.661. The Kier molecular flexibility index (Phi) is 9.21. The van der Waals surface area contributed by atoms with Gasteiger partial charge >= 0.3 is 0 Å². The van der Waals surface area contributed by atoms with E-state index >= 15 is 0 Å². The number of hydrogen-bond acceptors (Lipinski definition) is 2. The van der Waals surface area contributed by atoms with Gasteiger partial charge in [-0.3, -0.25) is 0 Å². The molecule has 1 heterocycles. The normalized spacial score (nSPS) is 13.6. The highest BCUT2D eigenvalue weighted by Crippen LogP contribution is 2.53. The Hall–Kier alpha value is -7.46. The summed E-state index contributed by atoms with van der Waals surface area (Å²) >= 11 is 0. The fraction of sp³-hybridized carbons (Fsp3) is 0.0847. The van der Waals surface area contributed by atoms with Crippen LogP contribution in [0.3, 0.4) is 0 Å². The molecule has 0 saturated carbocycles. The minimum absolute atomic E-state index is 0.100. The summed E-state index contributed by atoms with van der Waals surface area (Å²) in [6.45, 7) is 5.37. The predicted octanol–water partition coefficient (Wildman–Crippen LogP) is 14.5. The molecule has 9 aromatic carbocycles. The Morgan fingerprint density at radius 2 is 1.06 bits per heavy atom. The Morgan fingerprint density at radius 3 is 1.68 bits per heavy atom. The van der Waals surface area contributed by atoms with Crippen LogP contribution in [0.1, 0.15) is 42.3 Å². The van der Waals surface area contributed by atoms with Gasteiger partial charge in [-0.25, -0.2) is 0 Å². The second kappa shape index (κ2) is 15.2. The first-order chi connectivity index (χ1) is 30.4. The maximum atomic E-state index is 6.94. The Labute approximate surface area is 363 Å². The lowest BCUT2D eigenvalue weighted by Gasteiger charge is -2.22. The highest BCUT2D eigenvalue weighted by molar-refractivity contribution is 6.10. The molecule has 1 aliphatic carbocycles. The van der Waals surface area contributed by atoms with Crippen molar-refractivity contribution in [2.45, 2.75) is 32.0 Å². The van der Waals surface area contributed by atoms with E-state index in [2.05, 4.69) is 218 Å². The van der Waals surface area contributed by atoms with Gasteiger partial charge in [-0.05, 0) is 120 Å². The molecule has 0 spiro atoms. The number of nitrogens with two attached hydrogens (primary N) is 1. The van der Waals surface area contributed by atoms with E-state index in [1.807, 2.05) is 18.2 Å². The molecule has 0 bridgehead atoms. The van der Waals surface area contributed by atoms with Gasteiger partial charge in [0.15, 0.2) is 0 Å². The van der Waals surface area contributed by atoms with E-state index < -0.39 is 6.17 Å². The van der Waals surface area contributed by atoms with Crippen molar-refractivity contribution in [2.75, 3.05) is 0 Å². The summed E-state index contributed by atoms with van der Waals surface area (Å²) in [5, 5.41) is 8.77. The second-order valence-electron chi connectivity index (χ2n) is 17.1. The van der Waals surface area contributed by atoms with Crippen molar-refractivity contribution >= 4 is 38.3 Å². The van der Waals surface area contributed by atoms with Crippen LogP contribution in [-0.4, -0.2) is 4.57 Å². The van der Waals surface area contributed by atoms with Crippen LogP contribution in [0.4, 0.5) is 0 Å². The highest BCUT2D eigenvalue weighted by Gasteiger charge is 2.37. The average Bonchev–Trinajstić information content (AvgIpc) is 3.76. The number of nitrogens with one attached hydrogen (secondary N) is 1. The lowest BCUT2D eigenvalue weighted by Crippen LogP contribution is -2.27. The van der Waals surface area contributed by atoms with Crippen molar-refractivity contribution in [1.82, 2.24) is 9.88 Å². The fourth-order valence-corrected chi connectivity index (χ4v) is 9.82. The first-order valence-electron chi connectivity index (χ1n) is 21.6. The van der Waals surface area contributed by atoms with Gasteiger partial charge in [0.25, 0.3) is 0 Å². The molecule has 11 rings (SSSR count). The predicted molar refractivity (Wildman–Crippen MR) is 262 cm³/mol. The van der Waals surface area contributed by atoms with Crippen LogP contribution in [0.2, 0.25) is 0 Å². The Balaban J connectivity index is 1.01. The molecular formula is C59H47N3. The molecule has 0 amide bonds. The summed E-state index contributed by atoms with van der Waals surface area (Å²) in [6, 6.07) is 74.7. The number of aromatic nitrogens is 1. The molecule has 298 valence electrons. The van der Waals surface area contributed by atoms with Crippen molar-refractivity contribution in [1.29, 1.82) is 0 Å². The summed E-state index contributed by atoms with van der Waals surface area (Å²) in [7, 11) is 0. The molecule has 1 aliphatic rings. The molecule has 1 aromatic heterocycles. The number of nitrogens with zero attached hydrogens (tertiary/aromatic N) is 1. The Morgan fingerprint density at radius 1 is 0.516 bits per heavy atom. The third kappa shape index (κ3) is 6.50. The van der Waals surface area contributed by atoms with E-state index in [4.69, 9.17) is 5.73 Å². The molecule has 1 unspecified atom stereocenters. The summed E-state index contributed by atoms with van der Waals surface area (Å²) in [6.07, 6.45) is 1.91. The summed E-state index contributed by atoms with van der Waals surface area (Å²) < 4.78 is 2.44. The summed E-state index contributed by atoms with van der Waals surface area (Å²) in [4.78, 5) is 0. The number of fused-ring (bicyclic) bond motifs is 7. The standard InChI is InChI=1S/C59H47N3/c1-59(2)52-24-14-23-48(57(52)51-37-44-21-12-13-22-45(44)38-53(51)59)41-25-27-42(28-26-41)54(61-58(60)43-19-10-5-11-20-43)33-34-62-55-31-29-46(39-15-6-3-7-16-39)35-49(55)50-36-47(30-32-56(50)62)40-17-8-4-9-18-40/h3-33,35-38,58,61H,34,60H2,1-2H3/b54-33-. The van der Waals surface area contributed by atoms with Gasteiger partial charge < -0.3 is 15.6 Å². The zero-order chi connectivity index (χ0) is 41.8. The van der Waals surface area contributed by atoms with Crippen molar-refractivity contribution in [3.05, 3.63) is 235 Å². The van der Waals surface area contributed by atoms with Crippen molar-refractivity contribution < 1.29 is 0 Å². The minimum atomic E-state index is -0.395. The first kappa shape index (κ1) is 37.5. The maximum absolute atomic E-state index is 6.94. The number of rotatable bonds is 9. The molecule has 62 heavy (non-hydrogen) atoms. The van der Waals surface area contributed by atoms with E-state index in [0.717, 1.165) is 16.8 Å². The quantitative estimate of drug-likeness (QED) is 0.143. The van der Waals surface area contributed by atoms with E-state index in [1.165, 1.54) is 88.2 Å². The zero-order valence-electron chi connectivity index (χ0n) is 35.0. The van der Waals surface area contributed by atoms with Crippen LogP contribution < -0.4 is 11.1 Å². The monoisotopic (exact) mass is 797 g/mol. The van der Waals surface area contributed by atoms with E-state index in [0.29, 0.717) is 6.54 Å². The summed E-state index contributed by atoms with van der Waals surface area (Å²) in [5.74, 6) is 0. The summed E-state index contributed by atoms with van der Waals surface area (Å²) in [5.41, 5.74) is 25.0. The second-order valence-corrected chi connectivity index (χ2v) is 17.1. The van der Waals surface area contributed by atoms with Crippen LogP contribution >= 0.6 is 0 Å². The highest BCUT2D eigenvalue weighted by atomic mass is 15.0. The smallest absolute Gasteiger partial charge is 0.101 e. The SMILES string of the molecule is CC1(C)c2cc3ccccc3cc2-c2c(-c3ccc(/C(=C/Cn4c5ccc(-c6ccccc6)cc5c5cc(-c6ccccc6)ccc54)NC(N)c4ccccc4)cc3)cccc21. The van der Waals surface area contributed by atoms with E-state index in [1.54, 1.807) is 0 Å². The molecule has 0 aliphatic heterocycles. The molecule has 0 fully saturated rings. The fourth-order valence-electron chi connectivity index (χ4n) is 9.82. The van der Waals surface area contributed by atoms with E-state index in [9.17, 15) is 0 Å². The Bertz CT molecular complexity index is 3210. The third-order valence-electron chi connectivity index (χ3n) is 13.1. The molecular weight excluding hydrogens is 751 g/mol. The van der Waals surface area contributed by atoms with Crippen LogP contribution in [0.5, 0.6) is 0 Å². The topological polar surface area (TPSA) is 43.0 Å². The van der Waals surface area contributed by atoms with Gasteiger partial charge in [-0.2, -0.15) is 0 Å². The molecule has 3 N–H and O–H groups in total. The van der Waals surface area contributed by atoms with Gasteiger partial charge in [0, 0.05) is 39.5 Å². The van der Waals surface area contributed by atoms with Gasteiger partial charge in [0.2, 0.25) is 0 Å². The maximum Gasteiger partial charge on any atom is 0.101 e. The van der Waals surface area contributed by atoms with Crippen LogP contribution in [0.25, 0.3) is 82.8 Å². The zero-order valence-corrected chi connectivity index (χ0v) is 35.0. The first-order valence-corrected chi connectivity index (χ1v) is 21.6. The van der Waals surface area contributed by atoms with Gasteiger partial charge in [0.1, 0.15) is 6.17 Å². The van der Waals surface area contributed by atoms with Crippen molar-refractivity contribution in [3.63, 3.8) is 0 Å². The lowest BCUT2D eigenvalue weighted by atomic mass is 9.81. The molecule has 0 radical (unpaired) electrons.